The number of hydrogen-bond acceptors (Lipinski definition) is 3. The fourth-order valence-corrected chi connectivity index (χ4v) is 3.03. The molecule has 0 aromatic carbocycles. The molecule has 1 saturated carbocycles. The van der Waals surface area contributed by atoms with Gasteiger partial charge in [-0.05, 0) is 40.9 Å². The third kappa shape index (κ3) is 2.12. The molecule has 1 aliphatic rings. The van der Waals surface area contributed by atoms with E-state index in [0.29, 0.717) is 6.61 Å². The Hall–Kier alpha value is -0.0600. The molecule has 2 nitrogen and oxygen atoms in total. The van der Waals surface area contributed by atoms with Crippen molar-refractivity contribution >= 4 is 32.3 Å². The van der Waals surface area contributed by atoms with Gasteiger partial charge in [0.15, 0.2) is 0 Å². The van der Waals surface area contributed by atoms with Gasteiger partial charge in [0.2, 0.25) is 0 Å². The van der Waals surface area contributed by atoms with E-state index in [1.807, 2.05) is 6.07 Å². The number of nitrogens with one attached hydrogen (secondary N) is 1. The second-order valence-corrected chi connectivity index (χ2v) is 6.43. The minimum absolute atomic E-state index is 0.163. The SMILES string of the molecule is OCC1(CNc2ccc(Br)s2)CCC1. The van der Waals surface area contributed by atoms with Crippen molar-refractivity contribution in [1.82, 2.24) is 0 Å². The summed E-state index contributed by atoms with van der Waals surface area (Å²) < 4.78 is 1.15. The second-order valence-electron chi connectivity index (χ2n) is 3.97. The van der Waals surface area contributed by atoms with E-state index >= 15 is 0 Å². The Balaban J connectivity index is 1.87. The zero-order valence-electron chi connectivity index (χ0n) is 7.92. The average molecular weight is 276 g/mol. The highest BCUT2D eigenvalue weighted by molar-refractivity contribution is 9.11. The molecule has 0 saturated heterocycles. The van der Waals surface area contributed by atoms with E-state index < -0.39 is 0 Å². The van der Waals surface area contributed by atoms with Crippen molar-refractivity contribution in [3.63, 3.8) is 0 Å². The predicted octanol–water partition coefficient (Wildman–Crippen LogP) is 3.09. The summed E-state index contributed by atoms with van der Waals surface area (Å²) >= 11 is 5.13. The number of aliphatic hydroxyl groups excluding tert-OH is 1. The summed E-state index contributed by atoms with van der Waals surface area (Å²) in [5, 5.41) is 13.8. The van der Waals surface area contributed by atoms with Gasteiger partial charge in [0, 0.05) is 12.0 Å². The molecule has 0 atom stereocenters. The van der Waals surface area contributed by atoms with Crippen molar-refractivity contribution < 1.29 is 5.11 Å². The molecule has 0 aliphatic heterocycles. The first kappa shape index (κ1) is 10.5. The standard InChI is InChI=1S/C10H14BrNOS/c11-8-2-3-9(14-8)12-6-10(7-13)4-1-5-10/h2-3,12-13H,1,4-7H2. The fraction of sp³-hybridized carbons (Fsp3) is 0.600. The maximum absolute atomic E-state index is 9.27. The highest BCUT2D eigenvalue weighted by Gasteiger charge is 2.35. The molecular formula is C10H14BrNOS. The number of rotatable bonds is 4. The lowest BCUT2D eigenvalue weighted by atomic mass is 9.69. The summed E-state index contributed by atoms with van der Waals surface area (Å²) in [4.78, 5) is 0. The molecule has 0 amide bonds. The van der Waals surface area contributed by atoms with Gasteiger partial charge in [-0.25, -0.2) is 0 Å². The van der Waals surface area contributed by atoms with E-state index in [-0.39, 0.29) is 5.41 Å². The Labute approximate surface area is 96.5 Å². The van der Waals surface area contributed by atoms with Crippen LogP contribution in [-0.4, -0.2) is 18.3 Å². The Morgan fingerprint density at radius 1 is 1.50 bits per heavy atom. The van der Waals surface area contributed by atoms with Crippen molar-refractivity contribution in [3.05, 3.63) is 15.9 Å². The van der Waals surface area contributed by atoms with E-state index in [1.54, 1.807) is 11.3 Å². The molecule has 1 aliphatic carbocycles. The van der Waals surface area contributed by atoms with Gasteiger partial charge in [-0.1, -0.05) is 6.42 Å². The van der Waals surface area contributed by atoms with Crippen LogP contribution in [0, 0.1) is 5.41 Å². The number of hydrogen-bond donors (Lipinski definition) is 2. The molecule has 0 spiro atoms. The average Bonchev–Trinajstić information content (AvgIpc) is 2.50. The van der Waals surface area contributed by atoms with Gasteiger partial charge in [0.05, 0.1) is 15.4 Å². The maximum Gasteiger partial charge on any atom is 0.0894 e. The predicted molar refractivity (Wildman–Crippen MR) is 63.9 cm³/mol. The molecule has 4 heteroatoms. The van der Waals surface area contributed by atoms with Crippen LogP contribution >= 0.6 is 27.3 Å². The van der Waals surface area contributed by atoms with Crippen LogP contribution in [-0.2, 0) is 0 Å². The van der Waals surface area contributed by atoms with Crippen molar-refractivity contribution in [2.24, 2.45) is 5.41 Å². The quantitative estimate of drug-likeness (QED) is 0.885. The summed E-state index contributed by atoms with van der Waals surface area (Å²) in [7, 11) is 0. The van der Waals surface area contributed by atoms with E-state index in [4.69, 9.17) is 0 Å². The van der Waals surface area contributed by atoms with Crippen LogP contribution < -0.4 is 5.32 Å². The lowest BCUT2D eigenvalue weighted by molar-refractivity contribution is 0.0577. The molecule has 0 radical (unpaired) electrons. The van der Waals surface area contributed by atoms with Gasteiger partial charge in [0.25, 0.3) is 0 Å². The Morgan fingerprint density at radius 2 is 2.29 bits per heavy atom. The normalized spacial score (nSPS) is 19.0. The molecule has 2 rings (SSSR count). The minimum Gasteiger partial charge on any atom is -0.396 e. The number of halogens is 1. The van der Waals surface area contributed by atoms with Gasteiger partial charge >= 0.3 is 0 Å². The maximum atomic E-state index is 9.27. The van der Waals surface area contributed by atoms with E-state index in [0.717, 1.165) is 23.2 Å². The molecule has 1 aromatic heterocycles. The topological polar surface area (TPSA) is 32.3 Å². The zero-order valence-corrected chi connectivity index (χ0v) is 10.3. The molecule has 0 unspecified atom stereocenters. The van der Waals surface area contributed by atoms with Gasteiger partial charge in [-0.15, -0.1) is 11.3 Å². The van der Waals surface area contributed by atoms with Crippen molar-refractivity contribution in [1.29, 1.82) is 0 Å². The summed E-state index contributed by atoms with van der Waals surface area (Å²) in [6.07, 6.45) is 3.57. The Morgan fingerprint density at radius 3 is 2.71 bits per heavy atom. The van der Waals surface area contributed by atoms with Gasteiger partial charge in [-0.2, -0.15) is 0 Å². The van der Waals surface area contributed by atoms with Crippen molar-refractivity contribution in [2.45, 2.75) is 19.3 Å². The molecule has 14 heavy (non-hydrogen) atoms. The van der Waals surface area contributed by atoms with Crippen LogP contribution in [0.25, 0.3) is 0 Å². The summed E-state index contributed by atoms with van der Waals surface area (Å²) in [5.41, 5.74) is 0.163. The van der Waals surface area contributed by atoms with Gasteiger partial charge < -0.3 is 10.4 Å². The molecule has 2 N–H and O–H groups in total. The molecule has 78 valence electrons. The first-order valence-corrected chi connectivity index (χ1v) is 6.45. The summed E-state index contributed by atoms with van der Waals surface area (Å²) in [6.45, 7) is 1.21. The lowest BCUT2D eigenvalue weighted by Gasteiger charge is -2.40. The van der Waals surface area contributed by atoms with Crippen LogP contribution in [0.15, 0.2) is 15.9 Å². The molecule has 1 fully saturated rings. The first-order valence-electron chi connectivity index (χ1n) is 4.84. The third-order valence-electron chi connectivity index (χ3n) is 2.96. The van der Waals surface area contributed by atoms with E-state index in [1.165, 1.54) is 11.4 Å². The minimum atomic E-state index is 0.163. The largest absolute Gasteiger partial charge is 0.396 e. The summed E-state index contributed by atoms with van der Waals surface area (Å²) in [6, 6.07) is 4.11. The van der Waals surface area contributed by atoms with Crippen molar-refractivity contribution in [2.75, 3.05) is 18.5 Å². The second kappa shape index (κ2) is 4.21. The van der Waals surface area contributed by atoms with Gasteiger partial charge in [-0.3, -0.25) is 0 Å². The molecule has 0 bridgehead atoms. The number of thiophene rings is 1. The van der Waals surface area contributed by atoms with Crippen LogP contribution in [0.5, 0.6) is 0 Å². The third-order valence-corrected chi connectivity index (χ3v) is 4.54. The first-order chi connectivity index (χ1) is 6.74. The van der Waals surface area contributed by atoms with Crippen LogP contribution in [0.2, 0.25) is 0 Å². The zero-order chi connectivity index (χ0) is 10.0. The van der Waals surface area contributed by atoms with Gasteiger partial charge in [0.1, 0.15) is 0 Å². The number of anilines is 1. The Kier molecular flexibility index (Phi) is 3.14. The van der Waals surface area contributed by atoms with Crippen LogP contribution in [0.4, 0.5) is 5.00 Å². The van der Waals surface area contributed by atoms with Crippen LogP contribution in [0.3, 0.4) is 0 Å². The van der Waals surface area contributed by atoms with Crippen molar-refractivity contribution in [3.8, 4) is 0 Å². The van der Waals surface area contributed by atoms with E-state index in [9.17, 15) is 5.11 Å². The van der Waals surface area contributed by atoms with E-state index in [2.05, 4.69) is 27.3 Å². The smallest absolute Gasteiger partial charge is 0.0894 e. The highest BCUT2D eigenvalue weighted by atomic mass is 79.9. The highest BCUT2D eigenvalue weighted by Crippen LogP contribution is 2.40. The number of aliphatic hydroxyl groups is 1. The monoisotopic (exact) mass is 275 g/mol. The lowest BCUT2D eigenvalue weighted by Crippen LogP contribution is -2.39. The summed E-state index contributed by atoms with van der Waals surface area (Å²) in [5.74, 6) is 0. The van der Waals surface area contributed by atoms with Crippen LogP contribution in [0.1, 0.15) is 19.3 Å². The fourth-order valence-electron chi connectivity index (χ4n) is 1.75. The molecule has 1 heterocycles. The molecule has 1 aromatic rings. The Bertz CT molecular complexity index is 303. The molecular weight excluding hydrogens is 262 g/mol.